The quantitative estimate of drug-likeness (QED) is 0.727. The number of ether oxygens (including phenoxy) is 1. The van der Waals surface area contributed by atoms with Gasteiger partial charge in [-0.1, -0.05) is 0 Å². The molecule has 1 fully saturated rings. The first-order chi connectivity index (χ1) is 13.2. The molecular formula is C18H20N6O2S. The normalized spacial score (nSPS) is 16.5. The summed E-state index contributed by atoms with van der Waals surface area (Å²) >= 11 is 1.60. The summed E-state index contributed by atoms with van der Waals surface area (Å²) in [5.41, 5.74) is 2.83. The van der Waals surface area contributed by atoms with Crippen molar-refractivity contribution in [2.75, 3.05) is 18.0 Å². The second kappa shape index (κ2) is 7.75. The molecule has 1 aliphatic rings. The Morgan fingerprint density at radius 1 is 1.41 bits per heavy atom. The van der Waals surface area contributed by atoms with Crippen LogP contribution in [0.25, 0.3) is 11.3 Å². The molecule has 0 aliphatic carbocycles. The summed E-state index contributed by atoms with van der Waals surface area (Å²) < 4.78 is 7.32. The summed E-state index contributed by atoms with van der Waals surface area (Å²) in [4.78, 5) is 22.8. The number of pyridine rings is 1. The minimum absolute atomic E-state index is 0.118. The number of alkyl carbamates (subject to hydrolysis) is 1. The maximum atomic E-state index is 12.1. The molecule has 0 spiro atoms. The van der Waals surface area contributed by atoms with Crippen LogP contribution >= 0.6 is 11.3 Å². The molecule has 1 amide bonds. The molecule has 0 aromatic carbocycles. The number of hydrogen-bond donors (Lipinski definition) is 1. The first kappa shape index (κ1) is 17.5. The van der Waals surface area contributed by atoms with Crippen LogP contribution in [0, 0.1) is 0 Å². The maximum absolute atomic E-state index is 12.1. The van der Waals surface area contributed by atoms with Gasteiger partial charge in [-0.2, -0.15) is 5.10 Å². The third kappa shape index (κ3) is 4.08. The van der Waals surface area contributed by atoms with Crippen LogP contribution in [0.4, 0.5) is 9.93 Å². The number of thiazole rings is 1. The van der Waals surface area contributed by atoms with E-state index in [-0.39, 0.29) is 6.10 Å². The summed E-state index contributed by atoms with van der Waals surface area (Å²) in [6, 6.07) is 3.92. The van der Waals surface area contributed by atoms with Gasteiger partial charge in [-0.05, 0) is 17.7 Å². The van der Waals surface area contributed by atoms with E-state index in [1.54, 1.807) is 40.8 Å². The molecule has 140 valence electrons. The van der Waals surface area contributed by atoms with Crippen LogP contribution in [0.15, 0.2) is 42.3 Å². The molecule has 3 aromatic heterocycles. The topological polar surface area (TPSA) is 85.2 Å². The Hall–Kier alpha value is -2.94. The van der Waals surface area contributed by atoms with Gasteiger partial charge in [-0.3, -0.25) is 9.67 Å². The molecule has 27 heavy (non-hydrogen) atoms. The van der Waals surface area contributed by atoms with Crippen molar-refractivity contribution in [3.63, 3.8) is 0 Å². The van der Waals surface area contributed by atoms with Gasteiger partial charge in [0.2, 0.25) is 0 Å². The Balaban J connectivity index is 1.29. The Labute approximate surface area is 160 Å². The fourth-order valence-electron chi connectivity index (χ4n) is 3.12. The maximum Gasteiger partial charge on any atom is 0.407 e. The van der Waals surface area contributed by atoms with Crippen molar-refractivity contribution in [1.29, 1.82) is 0 Å². The number of rotatable bonds is 5. The van der Waals surface area contributed by atoms with E-state index in [1.807, 2.05) is 24.6 Å². The zero-order valence-corrected chi connectivity index (χ0v) is 15.7. The first-order valence-corrected chi connectivity index (χ1v) is 9.58. The molecule has 0 radical (unpaired) electrons. The van der Waals surface area contributed by atoms with Crippen molar-refractivity contribution in [3.05, 3.63) is 47.9 Å². The van der Waals surface area contributed by atoms with E-state index in [1.165, 1.54) is 0 Å². The van der Waals surface area contributed by atoms with Crippen molar-refractivity contribution in [2.24, 2.45) is 7.05 Å². The van der Waals surface area contributed by atoms with Crippen LogP contribution in [0.3, 0.4) is 0 Å². The summed E-state index contributed by atoms with van der Waals surface area (Å²) in [7, 11) is 1.88. The largest absolute Gasteiger partial charge is 0.444 e. The number of nitrogens with one attached hydrogen (secondary N) is 1. The standard InChI is InChI=1S/C18H20N6O2S/c1-23-16(2-4-22-23)14-8-13(9-19-11-14)10-21-18(25)26-15-3-6-24(12-15)17-20-5-7-27-17/h2,4-5,7-9,11,15H,3,6,10,12H2,1H3,(H,21,25). The molecule has 0 saturated carbocycles. The van der Waals surface area contributed by atoms with Crippen LogP contribution in [-0.2, 0) is 18.3 Å². The SMILES string of the molecule is Cn1nccc1-c1cncc(CNC(=O)OC2CCN(c3nccs3)C2)c1. The fraction of sp³-hybridized carbons (Fsp3) is 0.333. The second-order valence-corrected chi connectivity index (χ2v) is 7.23. The van der Waals surface area contributed by atoms with Gasteiger partial charge in [-0.25, -0.2) is 9.78 Å². The van der Waals surface area contributed by atoms with Crippen molar-refractivity contribution in [2.45, 2.75) is 19.1 Å². The third-order valence-corrected chi connectivity index (χ3v) is 5.29. The monoisotopic (exact) mass is 384 g/mol. The van der Waals surface area contributed by atoms with E-state index in [4.69, 9.17) is 4.74 Å². The number of anilines is 1. The molecule has 4 heterocycles. The molecule has 0 bridgehead atoms. The number of aryl methyl sites for hydroxylation is 1. The van der Waals surface area contributed by atoms with Gasteiger partial charge >= 0.3 is 6.09 Å². The predicted octanol–water partition coefficient (Wildman–Crippen LogP) is 2.44. The fourth-order valence-corrected chi connectivity index (χ4v) is 3.80. The second-order valence-electron chi connectivity index (χ2n) is 6.35. The van der Waals surface area contributed by atoms with Crippen molar-refractivity contribution < 1.29 is 9.53 Å². The Kier molecular flexibility index (Phi) is 5.01. The van der Waals surface area contributed by atoms with E-state index < -0.39 is 6.09 Å². The van der Waals surface area contributed by atoms with Crippen LogP contribution in [0.1, 0.15) is 12.0 Å². The summed E-state index contributed by atoms with van der Waals surface area (Å²) in [5, 5.41) is 9.90. The molecule has 1 saturated heterocycles. The van der Waals surface area contributed by atoms with Crippen LogP contribution in [0.5, 0.6) is 0 Å². The molecule has 1 unspecified atom stereocenters. The highest BCUT2D eigenvalue weighted by molar-refractivity contribution is 7.13. The Morgan fingerprint density at radius 2 is 2.33 bits per heavy atom. The van der Waals surface area contributed by atoms with E-state index >= 15 is 0 Å². The van der Waals surface area contributed by atoms with Gasteiger partial charge in [0.05, 0.1) is 12.2 Å². The zero-order chi connectivity index (χ0) is 18.6. The van der Waals surface area contributed by atoms with E-state index in [2.05, 4.69) is 25.3 Å². The van der Waals surface area contributed by atoms with Crippen molar-refractivity contribution in [3.8, 4) is 11.3 Å². The lowest BCUT2D eigenvalue weighted by Crippen LogP contribution is -2.30. The van der Waals surface area contributed by atoms with Gasteiger partial charge < -0.3 is 15.0 Å². The summed E-state index contributed by atoms with van der Waals surface area (Å²) in [6.45, 7) is 1.89. The number of amides is 1. The first-order valence-electron chi connectivity index (χ1n) is 8.70. The Morgan fingerprint density at radius 3 is 3.11 bits per heavy atom. The zero-order valence-electron chi connectivity index (χ0n) is 14.9. The molecule has 8 nitrogen and oxygen atoms in total. The van der Waals surface area contributed by atoms with Gasteiger partial charge in [0.25, 0.3) is 0 Å². The van der Waals surface area contributed by atoms with E-state index in [0.717, 1.165) is 34.9 Å². The van der Waals surface area contributed by atoms with Crippen molar-refractivity contribution in [1.82, 2.24) is 25.1 Å². The Bertz CT molecular complexity index is 910. The van der Waals surface area contributed by atoms with Crippen molar-refractivity contribution >= 4 is 22.6 Å². The molecule has 1 atom stereocenters. The van der Waals surface area contributed by atoms with Crippen LogP contribution < -0.4 is 10.2 Å². The van der Waals surface area contributed by atoms with E-state index in [9.17, 15) is 4.79 Å². The predicted molar refractivity (Wildman–Crippen MR) is 102 cm³/mol. The van der Waals surface area contributed by atoms with Gasteiger partial charge in [-0.15, -0.1) is 11.3 Å². The smallest absolute Gasteiger partial charge is 0.407 e. The lowest BCUT2D eigenvalue weighted by molar-refractivity contribution is 0.108. The molecular weight excluding hydrogens is 364 g/mol. The van der Waals surface area contributed by atoms with Gasteiger partial charge in [0, 0.05) is 62.3 Å². The van der Waals surface area contributed by atoms with Crippen LogP contribution in [0.2, 0.25) is 0 Å². The molecule has 3 aromatic rings. The number of carbonyl (C=O) groups excluding carboxylic acids is 1. The molecule has 9 heteroatoms. The summed E-state index contributed by atoms with van der Waals surface area (Å²) in [6.07, 6.45) is 7.33. The minimum Gasteiger partial charge on any atom is -0.444 e. The highest BCUT2D eigenvalue weighted by Crippen LogP contribution is 2.23. The lowest BCUT2D eigenvalue weighted by atomic mass is 10.1. The number of hydrogen-bond acceptors (Lipinski definition) is 7. The molecule has 4 rings (SSSR count). The molecule has 1 aliphatic heterocycles. The third-order valence-electron chi connectivity index (χ3n) is 4.46. The molecule has 1 N–H and O–H groups in total. The van der Waals surface area contributed by atoms with Gasteiger partial charge in [0.1, 0.15) is 6.10 Å². The van der Waals surface area contributed by atoms with Gasteiger partial charge in [0.15, 0.2) is 5.13 Å². The average molecular weight is 384 g/mol. The van der Waals surface area contributed by atoms with Crippen LogP contribution in [-0.4, -0.2) is 45.0 Å². The average Bonchev–Trinajstić information content (AvgIpc) is 3.41. The highest BCUT2D eigenvalue weighted by atomic mass is 32.1. The number of nitrogens with zero attached hydrogens (tertiary/aromatic N) is 5. The van der Waals surface area contributed by atoms with E-state index in [0.29, 0.717) is 13.1 Å². The number of carbonyl (C=O) groups is 1. The number of aromatic nitrogens is 4. The highest BCUT2D eigenvalue weighted by Gasteiger charge is 2.27. The summed E-state index contributed by atoms with van der Waals surface area (Å²) in [5.74, 6) is 0. The lowest BCUT2D eigenvalue weighted by Gasteiger charge is -2.15. The minimum atomic E-state index is -0.410.